The number of hydrogen-bond acceptors (Lipinski definition) is 2. The van der Waals surface area contributed by atoms with Crippen molar-refractivity contribution in [2.24, 2.45) is 0 Å². The van der Waals surface area contributed by atoms with Crippen LogP contribution in [0.3, 0.4) is 0 Å². The molecule has 4 N–H and O–H groups in total. The van der Waals surface area contributed by atoms with Gasteiger partial charge in [-0.25, -0.2) is 0 Å². The van der Waals surface area contributed by atoms with Gasteiger partial charge in [0.15, 0.2) is 6.54 Å². The SMILES string of the molecule is C[C@H]([NH2+]CC(=O)NNC(=O)c1ccccc1)c1cccc2ccccc12. The molecule has 0 bridgehead atoms. The summed E-state index contributed by atoms with van der Waals surface area (Å²) in [5.74, 6) is -0.581. The highest BCUT2D eigenvalue weighted by atomic mass is 16.2. The van der Waals surface area contributed by atoms with E-state index < -0.39 is 0 Å². The molecule has 3 rings (SSSR count). The van der Waals surface area contributed by atoms with Gasteiger partial charge in [0.1, 0.15) is 6.04 Å². The van der Waals surface area contributed by atoms with E-state index in [0.717, 1.165) is 0 Å². The Labute approximate surface area is 152 Å². The fourth-order valence-corrected chi connectivity index (χ4v) is 2.90. The molecule has 2 amide bonds. The van der Waals surface area contributed by atoms with Gasteiger partial charge < -0.3 is 5.32 Å². The molecule has 3 aromatic carbocycles. The molecule has 0 saturated heterocycles. The summed E-state index contributed by atoms with van der Waals surface area (Å²) in [7, 11) is 0. The van der Waals surface area contributed by atoms with Crippen LogP contribution in [-0.2, 0) is 4.79 Å². The fourth-order valence-electron chi connectivity index (χ4n) is 2.90. The molecule has 0 fully saturated rings. The lowest BCUT2D eigenvalue weighted by Crippen LogP contribution is -2.87. The summed E-state index contributed by atoms with van der Waals surface area (Å²) in [6.45, 7) is 2.29. The molecule has 3 aromatic rings. The van der Waals surface area contributed by atoms with E-state index in [0.29, 0.717) is 5.56 Å². The lowest BCUT2D eigenvalue weighted by Gasteiger charge is -2.14. The van der Waals surface area contributed by atoms with Gasteiger partial charge >= 0.3 is 0 Å². The summed E-state index contributed by atoms with van der Waals surface area (Å²) in [6.07, 6.45) is 0. The van der Waals surface area contributed by atoms with Gasteiger partial charge in [-0.15, -0.1) is 0 Å². The molecule has 132 valence electrons. The predicted octanol–water partition coefficient (Wildman–Crippen LogP) is 1.93. The average Bonchev–Trinajstić information content (AvgIpc) is 2.70. The average molecular weight is 348 g/mol. The zero-order chi connectivity index (χ0) is 18.4. The highest BCUT2D eigenvalue weighted by Crippen LogP contribution is 2.21. The van der Waals surface area contributed by atoms with E-state index in [1.165, 1.54) is 16.3 Å². The van der Waals surface area contributed by atoms with Crippen molar-refractivity contribution in [3.05, 3.63) is 83.9 Å². The van der Waals surface area contributed by atoms with Crippen molar-refractivity contribution in [2.75, 3.05) is 6.54 Å². The van der Waals surface area contributed by atoms with Gasteiger partial charge in [-0.05, 0) is 29.8 Å². The molecule has 0 heterocycles. The molecular weight excluding hydrogens is 326 g/mol. The first-order chi connectivity index (χ1) is 12.6. The van der Waals surface area contributed by atoms with Crippen LogP contribution in [0.5, 0.6) is 0 Å². The Morgan fingerprint density at radius 1 is 0.885 bits per heavy atom. The van der Waals surface area contributed by atoms with Crippen molar-refractivity contribution in [1.82, 2.24) is 10.9 Å². The van der Waals surface area contributed by atoms with Gasteiger partial charge in [0.2, 0.25) is 0 Å². The minimum Gasteiger partial charge on any atom is -0.332 e. The zero-order valence-electron chi connectivity index (χ0n) is 14.6. The van der Waals surface area contributed by atoms with Crippen molar-refractivity contribution < 1.29 is 14.9 Å². The lowest BCUT2D eigenvalue weighted by molar-refractivity contribution is -0.682. The number of fused-ring (bicyclic) bond motifs is 1. The largest absolute Gasteiger partial charge is 0.332 e. The quantitative estimate of drug-likeness (QED) is 0.616. The summed E-state index contributed by atoms with van der Waals surface area (Å²) >= 11 is 0. The van der Waals surface area contributed by atoms with E-state index >= 15 is 0 Å². The summed E-state index contributed by atoms with van der Waals surface area (Å²) in [6, 6.07) is 23.3. The zero-order valence-corrected chi connectivity index (χ0v) is 14.6. The number of quaternary nitrogens is 1. The normalized spacial score (nSPS) is 11.7. The van der Waals surface area contributed by atoms with Crippen molar-refractivity contribution in [3.63, 3.8) is 0 Å². The van der Waals surface area contributed by atoms with Gasteiger partial charge in [0.05, 0.1) is 0 Å². The minimum atomic E-state index is -0.332. The third-order valence-electron chi connectivity index (χ3n) is 4.32. The maximum Gasteiger partial charge on any atom is 0.293 e. The summed E-state index contributed by atoms with van der Waals surface area (Å²) in [5.41, 5.74) is 6.57. The van der Waals surface area contributed by atoms with Crippen LogP contribution in [0.15, 0.2) is 72.8 Å². The molecular formula is C21H22N3O2+. The van der Waals surface area contributed by atoms with Crippen LogP contribution in [0, 0.1) is 0 Å². The van der Waals surface area contributed by atoms with Crippen molar-refractivity contribution in [1.29, 1.82) is 0 Å². The smallest absolute Gasteiger partial charge is 0.293 e. The second-order valence-electron chi connectivity index (χ2n) is 6.17. The standard InChI is InChI=1S/C21H21N3O2/c1-15(18-13-7-11-16-8-5-6-12-19(16)18)22-14-20(25)23-24-21(26)17-9-3-2-4-10-17/h2-13,15,22H,14H2,1H3,(H,23,25)(H,24,26)/p+1/t15-/m0/s1. The molecule has 5 heteroatoms. The second kappa shape index (κ2) is 8.27. The first-order valence-corrected chi connectivity index (χ1v) is 8.60. The van der Waals surface area contributed by atoms with Crippen LogP contribution in [0.4, 0.5) is 0 Å². The van der Waals surface area contributed by atoms with Gasteiger partial charge in [-0.3, -0.25) is 20.4 Å². The maximum atomic E-state index is 12.0. The summed E-state index contributed by atoms with van der Waals surface area (Å²) < 4.78 is 0. The Bertz CT molecular complexity index is 904. The molecule has 0 aromatic heterocycles. The molecule has 0 aliphatic carbocycles. The van der Waals surface area contributed by atoms with Gasteiger partial charge in [0, 0.05) is 11.1 Å². The molecule has 1 atom stereocenters. The number of nitrogens with two attached hydrogens (primary N) is 1. The van der Waals surface area contributed by atoms with Crippen LogP contribution in [-0.4, -0.2) is 18.4 Å². The van der Waals surface area contributed by atoms with Crippen molar-refractivity contribution >= 4 is 22.6 Å². The van der Waals surface area contributed by atoms with E-state index in [2.05, 4.69) is 42.0 Å². The number of amides is 2. The highest BCUT2D eigenvalue weighted by molar-refractivity contribution is 5.95. The first-order valence-electron chi connectivity index (χ1n) is 8.60. The topological polar surface area (TPSA) is 74.8 Å². The van der Waals surface area contributed by atoms with E-state index in [4.69, 9.17) is 0 Å². The van der Waals surface area contributed by atoms with Crippen molar-refractivity contribution in [3.8, 4) is 0 Å². The van der Waals surface area contributed by atoms with Crippen molar-refractivity contribution in [2.45, 2.75) is 13.0 Å². The lowest BCUT2D eigenvalue weighted by atomic mass is 10.00. The molecule has 26 heavy (non-hydrogen) atoms. The summed E-state index contributed by atoms with van der Waals surface area (Å²) in [5, 5.41) is 4.33. The monoisotopic (exact) mass is 348 g/mol. The Morgan fingerprint density at radius 2 is 1.58 bits per heavy atom. The molecule has 0 aliphatic rings. The Hall–Kier alpha value is -3.18. The molecule has 0 spiro atoms. The number of hydrazine groups is 1. The number of carbonyl (C=O) groups is 2. The molecule has 0 unspecified atom stereocenters. The maximum absolute atomic E-state index is 12.0. The van der Waals surface area contributed by atoms with Gasteiger partial charge in [-0.1, -0.05) is 60.7 Å². The second-order valence-corrected chi connectivity index (χ2v) is 6.17. The molecule has 0 saturated carbocycles. The Balaban J connectivity index is 1.53. The summed E-state index contributed by atoms with van der Waals surface area (Å²) in [4.78, 5) is 23.9. The molecule has 0 radical (unpaired) electrons. The van der Waals surface area contributed by atoms with Gasteiger partial charge in [-0.2, -0.15) is 0 Å². The first kappa shape index (κ1) is 17.6. The van der Waals surface area contributed by atoms with E-state index in [9.17, 15) is 9.59 Å². The van der Waals surface area contributed by atoms with E-state index in [1.807, 2.05) is 29.6 Å². The molecule has 0 aliphatic heterocycles. The predicted molar refractivity (Wildman–Crippen MR) is 101 cm³/mol. The number of rotatable bonds is 5. The van der Waals surface area contributed by atoms with Gasteiger partial charge in [0.25, 0.3) is 11.8 Å². The molecule has 5 nitrogen and oxygen atoms in total. The number of benzene rings is 3. The number of hydrogen-bond donors (Lipinski definition) is 3. The Kier molecular flexibility index (Phi) is 5.61. The number of nitrogens with one attached hydrogen (secondary N) is 2. The van der Waals surface area contributed by atoms with Crippen LogP contribution in [0.25, 0.3) is 10.8 Å². The minimum absolute atomic E-state index is 0.122. The van der Waals surface area contributed by atoms with Crippen LogP contribution in [0.2, 0.25) is 0 Å². The third kappa shape index (κ3) is 4.26. The van der Waals surface area contributed by atoms with E-state index in [1.54, 1.807) is 24.3 Å². The van der Waals surface area contributed by atoms with Crippen LogP contribution >= 0.6 is 0 Å². The van der Waals surface area contributed by atoms with E-state index in [-0.39, 0.29) is 24.4 Å². The van der Waals surface area contributed by atoms with Crippen LogP contribution in [0.1, 0.15) is 28.9 Å². The van der Waals surface area contributed by atoms with Crippen LogP contribution < -0.4 is 16.2 Å². The Morgan fingerprint density at radius 3 is 2.38 bits per heavy atom. The third-order valence-corrected chi connectivity index (χ3v) is 4.32. The highest BCUT2D eigenvalue weighted by Gasteiger charge is 2.14. The number of carbonyl (C=O) groups excluding carboxylic acids is 2. The fraction of sp³-hybridized carbons (Fsp3) is 0.143.